The second kappa shape index (κ2) is 6.02. The Hall–Kier alpha value is -1.92. The predicted molar refractivity (Wildman–Crippen MR) is 73.2 cm³/mol. The topological polar surface area (TPSA) is 87.7 Å². The Kier molecular flexibility index (Phi) is 4.36. The number of aliphatic hydroxyl groups is 1. The molecular formula is C14H18N2O4. The Labute approximate surface area is 117 Å². The van der Waals surface area contributed by atoms with Gasteiger partial charge in [-0.15, -0.1) is 0 Å². The molecule has 0 saturated heterocycles. The molecular weight excluding hydrogens is 260 g/mol. The summed E-state index contributed by atoms with van der Waals surface area (Å²) < 4.78 is 4.61. The van der Waals surface area contributed by atoms with Gasteiger partial charge in [0.05, 0.1) is 26.1 Å². The Bertz CT molecular complexity index is 530. The van der Waals surface area contributed by atoms with Gasteiger partial charge in [0.25, 0.3) is 0 Å². The lowest BCUT2D eigenvalue weighted by Gasteiger charge is -2.22. The van der Waals surface area contributed by atoms with Gasteiger partial charge in [-0.3, -0.25) is 9.59 Å². The lowest BCUT2D eigenvalue weighted by molar-refractivity contribution is -0.142. The summed E-state index contributed by atoms with van der Waals surface area (Å²) in [5, 5.41) is 16.0. The van der Waals surface area contributed by atoms with Crippen LogP contribution < -0.4 is 10.6 Å². The van der Waals surface area contributed by atoms with Crippen molar-refractivity contribution in [2.24, 2.45) is 0 Å². The van der Waals surface area contributed by atoms with E-state index in [2.05, 4.69) is 15.4 Å². The molecule has 0 spiro atoms. The van der Waals surface area contributed by atoms with E-state index in [0.29, 0.717) is 12.0 Å². The number of carbonyl (C=O) groups is 2. The molecule has 2 rings (SSSR count). The fourth-order valence-electron chi connectivity index (χ4n) is 2.30. The van der Waals surface area contributed by atoms with E-state index in [1.165, 1.54) is 7.11 Å². The van der Waals surface area contributed by atoms with E-state index in [-0.39, 0.29) is 18.3 Å². The van der Waals surface area contributed by atoms with Crippen LogP contribution in [0.5, 0.6) is 0 Å². The summed E-state index contributed by atoms with van der Waals surface area (Å²) in [6, 6.07) is 4.87. The second-order valence-electron chi connectivity index (χ2n) is 4.76. The Morgan fingerprint density at radius 2 is 2.30 bits per heavy atom. The number of aliphatic hydroxyl groups excluding tert-OH is 1. The third-order valence-electron chi connectivity index (χ3n) is 3.46. The van der Waals surface area contributed by atoms with Crippen LogP contribution in [-0.2, 0) is 20.7 Å². The zero-order valence-corrected chi connectivity index (χ0v) is 11.5. The van der Waals surface area contributed by atoms with E-state index in [1.807, 2.05) is 0 Å². The van der Waals surface area contributed by atoms with Gasteiger partial charge in [-0.05, 0) is 24.2 Å². The number of benzene rings is 1. The molecule has 108 valence electrons. The molecule has 1 amide bonds. The zero-order valence-electron chi connectivity index (χ0n) is 11.5. The highest BCUT2D eigenvalue weighted by molar-refractivity contribution is 5.99. The van der Waals surface area contributed by atoms with Crippen LogP contribution in [0.2, 0.25) is 0 Å². The van der Waals surface area contributed by atoms with E-state index in [0.717, 1.165) is 11.3 Å². The van der Waals surface area contributed by atoms with Crippen molar-refractivity contribution in [2.45, 2.75) is 25.0 Å². The number of rotatable bonds is 5. The van der Waals surface area contributed by atoms with Gasteiger partial charge in [0.1, 0.15) is 0 Å². The third kappa shape index (κ3) is 2.97. The van der Waals surface area contributed by atoms with Gasteiger partial charge in [0.15, 0.2) is 0 Å². The first-order valence-corrected chi connectivity index (χ1v) is 6.40. The lowest BCUT2D eigenvalue weighted by atomic mass is 9.97. The number of nitrogens with one attached hydrogen (secondary N) is 2. The number of anilines is 1. The predicted octanol–water partition coefficient (Wildman–Crippen LogP) is 0.366. The minimum absolute atomic E-state index is 0.0497. The van der Waals surface area contributed by atoms with E-state index >= 15 is 0 Å². The smallest absolute Gasteiger partial charge is 0.307 e. The highest BCUT2D eigenvalue weighted by atomic mass is 16.5. The Morgan fingerprint density at radius 3 is 2.95 bits per heavy atom. The summed E-state index contributed by atoms with van der Waals surface area (Å²) in [7, 11) is 2.99. The van der Waals surface area contributed by atoms with Crippen molar-refractivity contribution in [2.75, 3.05) is 19.5 Å². The van der Waals surface area contributed by atoms with Crippen molar-refractivity contribution >= 4 is 17.6 Å². The molecule has 2 atom stereocenters. The number of esters is 1. The number of carbonyl (C=O) groups excluding carboxylic acids is 2. The minimum atomic E-state index is -0.847. The van der Waals surface area contributed by atoms with Gasteiger partial charge in [0, 0.05) is 11.7 Å². The number of hydrogen-bond donors (Lipinski definition) is 3. The Morgan fingerprint density at radius 1 is 1.55 bits per heavy atom. The molecule has 0 bridgehead atoms. The molecule has 1 heterocycles. The summed E-state index contributed by atoms with van der Waals surface area (Å²) in [5.41, 5.74) is 2.31. The lowest BCUT2D eigenvalue weighted by Crippen LogP contribution is -2.34. The van der Waals surface area contributed by atoms with Crippen LogP contribution in [0.1, 0.15) is 23.7 Å². The summed E-state index contributed by atoms with van der Waals surface area (Å²) in [6.07, 6.45) is -0.459. The SMILES string of the molecule is CNC(CC(=O)OC)C(O)c1ccc2c(c1)CC(=O)N2. The fourth-order valence-corrected chi connectivity index (χ4v) is 2.30. The van der Waals surface area contributed by atoms with E-state index in [1.54, 1.807) is 25.2 Å². The van der Waals surface area contributed by atoms with Crippen molar-refractivity contribution in [1.29, 1.82) is 0 Å². The monoisotopic (exact) mass is 278 g/mol. The fraction of sp³-hybridized carbons (Fsp3) is 0.429. The second-order valence-corrected chi connectivity index (χ2v) is 4.76. The largest absolute Gasteiger partial charge is 0.469 e. The first kappa shape index (κ1) is 14.5. The van der Waals surface area contributed by atoms with Crippen molar-refractivity contribution in [1.82, 2.24) is 5.32 Å². The van der Waals surface area contributed by atoms with Crippen LogP contribution >= 0.6 is 0 Å². The maximum absolute atomic E-state index is 11.3. The van der Waals surface area contributed by atoms with Crippen LogP contribution in [0.25, 0.3) is 0 Å². The van der Waals surface area contributed by atoms with Crippen LogP contribution in [-0.4, -0.2) is 37.2 Å². The molecule has 20 heavy (non-hydrogen) atoms. The first-order valence-electron chi connectivity index (χ1n) is 6.40. The number of hydrogen-bond acceptors (Lipinski definition) is 5. The molecule has 1 aliphatic heterocycles. The average molecular weight is 278 g/mol. The maximum Gasteiger partial charge on any atom is 0.307 e. The van der Waals surface area contributed by atoms with Gasteiger partial charge in [-0.1, -0.05) is 12.1 Å². The van der Waals surface area contributed by atoms with Gasteiger partial charge in [-0.25, -0.2) is 0 Å². The van der Waals surface area contributed by atoms with Crippen molar-refractivity contribution < 1.29 is 19.4 Å². The van der Waals surface area contributed by atoms with Crippen molar-refractivity contribution in [3.8, 4) is 0 Å². The summed E-state index contributed by atoms with van der Waals surface area (Å²) in [5.74, 6) is -0.437. The molecule has 0 fully saturated rings. The van der Waals surface area contributed by atoms with Gasteiger partial charge in [-0.2, -0.15) is 0 Å². The summed E-state index contributed by atoms with van der Waals surface area (Å²) in [6.45, 7) is 0. The molecule has 6 heteroatoms. The van der Waals surface area contributed by atoms with Crippen LogP contribution in [0.15, 0.2) is 18.2 Å². The molecule has 0 saturated carbocycles. The average Bonchev–Trinajstić information content (AvgIpc) is 2.82. The molecule has 6 nitrogen and oxygen atoms in total. The summed E-state index contributed by atoms with van der Waals surface area (Å²) in [4.78, 5) is 22.6. The number of likely N-dealkylation sites (N-methyl/N-ethyl adjacent to an activating group) is 1. The molecule has 0 aromatic heterocycles. The standard InChI is InChI=1S/C14H18N2O4/c1-15-11(7-13(18)20-2)14(19)8-3-4-10-9(5-8)6-12(17)16-10/h3-5,11,14-15,19H,6-7H2,1-2H3,(H,16,17). The number of methoxy groups -OCH3 is 1. The zero-order chi connectivity index (χ0) is 14.7. The van der Waals surface area contributed by atoms with Gasteiger partial charge >= 0.3 is 5.97 Å². The van der Waals surface area contributed by atoms with Crippen molar-refractivity contribution in [3.63, 3.8) is 0 Å². The quantitative estimate of drug-likeness (QED) is 0.677. The highest BCUT2D eigenvalue weighted by Gasteiger charge is 2.25. The molecule has 0 radical (unpaired) electrons. The normalized spacial score (nSPS) is 16.2. The van der Waals surface area contributed by atoms with Crippen LogP contribution in [0.3, 0.4) is 0 Å². The van der Waals surface area contributed by atoms with E-state index < -0.39 is 12.1 Å². The summed E-state index contributed by atoms with van der Waals surface area (Å²) >= 11 is 0. The molecule has 1 aromatic carbocycles. The molecule has 1 aliphatic rings. The Balaban J connectivity index is 2.16. The molecule has 0 aliphatic carbocycles. The van der Waals surface area contributed by atoms with Gasteiger partial charge < -0.3 is 20.5 Å². The molecule has 2 unspecified atom stereocenters. The minimum Gasteiger partial charge on any atom is -0.469 e. The third-order valence-corrected chi connectivity index (χ3v) is 3.46. The van der Waals surface area contributed by atoms with Crippen LogP contribution in [0.4, 0.5) is 5.69 Å². The van der Waals surface area contributed by atoms with E-state index in [4.69, 9.17) is 0 Å². The molecule has 3 N–H and O–H groups in total. The number of fused-ring (bicyclic) bond motifs is 1. The van der Waals surface area contributed by atoms with Gasteiger partial charge in [0.2, 0.25) is 5.91 Å². The first-order chi connectivity index (χ1) is 9.55. The highest BCUT2D eigenvalue weighted by Crippen LogP contribution is 2.28. The number of ether oxygens (including phenoxy) is 1. The molecule has 1 aromatic rings. The van der Waals surface area contributed by atoms with Crippen LogP contribution in [0, 0.1) is 0 Å². The van der Waals surface area contributed by atoms with E-state index in [9.17, 15) is 14.7 Å². The maximum atomic E-state index is 11.3. The van der Waals surface area contributed by atoms with Crippen molar-refractivity contribution in [3.05, 3.63) is 29.3 Å². The number of amides is 1.